The van der Waals surface area contributed by atoms with Crippen LogP contribution in [0, 0.1) is 11.6 Å². The van der Waals surface area contributed by atoms with Crippen molar-refractivity contribution in [1.82, 2.24) is 9.97 Å². The number of carboxylic acid groups (broad SMARTS) is 1. The van der Waals surface area contributed by atoms with E-state index >= 15 is 0 Å². The average molecular weight is 292 g/mol. The van der Waals surface area contributed by atoms with E-state index in [-0.39, 0.29) is 22.2 Å². The lowest BCUT2D eigenvalue weighted by Crippen LogP contribution is -2.02. The first-order chi connectivity index (χ1) is 9.56. The molecule has 1 aromatic carbocycles. The van der Waals surface area contributed by atoms with Crippen LogP contribution in [0.4, 0.5) is 8.78 Å². The molecule has 3 aromatic rings. The summed E-state index contributed by atoms with van der Waals surface area (Å²) in [4.78, 5) is 19.3. The molecule has 0 aliphatic heterocycles. The first-order valence-electron chi connectivity index (χ1n) is 5.48. The van der Waals surface area contributed by atoms with Crippen molar-refractivity contribution in [3.05, 3.63) is 46.3 Å². The number of hydrogen-bond acceptors (Lipinski definition) is 4. The van der Waals surface area contributed by atoms with Gasteiger partial charge in [-0.15, -0.1) is 11.3 Å². The predicted molar refractivity (Wildman–Crippen MR) is 69.7 cm³/mol. The SMILES string of the molecule is O=C(O)c1cc(-c2cscn2)nc2c(F)cc(F)cc12. The van der Waals surface area contributed by atoms with Crippen molar-refractivity contribution in [2.45, 2.75) is 0 Å². The number of thiazole rings is 1. The van der Waals surface area contributed by atoms with E-state index in [4.69, 9.17) is 0 Å². The maximum atomic E-state index is 13.8. The Morgan fingerprint density at radius 1 is 1.20 bits per heavy atom. The summed E-state index contributed by atoms with van der Waals surface area (Å²) in [7, 11) is 0. The van der Waals surface area contributed by atoms with Crippen molar-refractivity contribution in [1.29, 1.82) is 0 Å². The molecule has 1 N–H and O–H groups in total. The van der Waals surface area contributed by atoms with Gasteiger partial charge < -0.3 is 5.11 Å². The lowest BCUT2D eigenvalue weighted by molar-refractivity contribution is 0.0699. The Hall–Kier alpha value is -2.41. The molecule has 0 aliphatic rings. The summed E-state index contributed by atoms with van der Waals surface area (Å²) in [5.41, 5.74) is 1.85. The van der Waals surface area contributed by atoms with Gasteiger partial charge in [-0.3, -0.25) is 0 Å². The highest BCUT2D eigenvalue weighted by Gasteiger charge is 2.17. The number of fused-ring (bicyclic) bond motifs is 1. The maximum absolute atomic E-state index is 13.8. The second-order valence-electron chi connectivity index (χ2n) is 4.02. The van der Waals surface area contributed by atoms with Gasteiger partial charge in [-0.05, 0) is 12.1 Å². The predicted octanol–water partition coefficient (Wildman–Crippen LogP) is 3.33. The van der Waals surface area contributed by atoms with Gasteiger partial charge in [0.05, 0.1) is 22.5 Å². The number of hydrogen-bond donors (Lipinski definition) is 1. The molecule has 7 heteroatoms. The number of benzene rings is 1. The molecule has 0 spiro atoms. The van der Waals surface area contributed by atoms with Gasteiger partial charge in [0.2, 0.25) is 0 Å². The third-order valence-electron chi connectivity index (χ3n) is 2.76. The lowest BCUT2D eigenvalue weighted by Gasteiger charge is -2.06. The molecule has 0 unspecified atom stereocenters. The van der Waals surface area contributed by atoms with Crippen LogP contribution in [0.5, 0.6) is 0 Å². The zero-order chi connectivity index (χ0) is 14.3. The van der Waals surface area contributed by atoms with Crippen LogP contribution < -0.4 is 0 Å². The summed E-state index contributed by atoms with van der Waals surface area (Å²) >= 11 is 1.31. The van der Waals surface area contributed by atoms with E-state index in [9.17, 15) is 18.7 Å². The number of carbonyl (C=O) groups is 1. The zero-order valence-corrected chi connectivity index (χ0v) is 10.6. The molecule has 3 rings (SSSR count). The first-order valence-corrected chi connectivity index (χ1v) is 6.42. The minimum atomic E-state index is -1.28. The number of aromatic carboxylic acids is 1. The molecule has 100 valence electrons. The van der Waals surface area contributed by atoms with Crippen molar-refractivity contribution in [2.24, 2.45) is 0 Å². The fourth-order valence-corrected chi connectivity index (χ4v) is 2.45. The molecular weight excluding hydrogens is 286 g/mol. The van der Waals surface area contributed by atoms with Gasteiger partial charge in [0.1, 0.15) is 11.3 Å². The fraction of sp³-hybridized carbons (Fsp3) is 0. The van der Waals surface area contributed by atoms with E-state index in [2.05, 4.69) is 9.97 Å². The largest absolute Gasteiger partial charge is 0.478 e. The van der Waals surface area contributed by atoms with Crippen LogP contribution in [0.1, 0.15) is 10.4 Å². The van der Waals surface area contributed by atoms with E-state index in [0.717, 1.165) is 6.07 Å². The summed E-state index contributed by atoms with van der Waals surface area (Å²) in [5, 5.41) is 10.8. The topological polar surface area (TPSA) is 63.1 Å². The Morgan fingerprint density at radius 3 is 2.65 bits per heavy atom. The van der Waals surface area contributed by atoms with Crippen LogP contribution in [0.15, 0.2) is 29.1 Å². The van der Waals surface area contributed by atoms with E-state index in [1.54, 1.807) is 10.9 Å². The van der Waals surface area contributed by atoms with Gasteiger partial charge in [-0.1, -0.05) is 0 Å². The Labute approximate surface area is 115 Å². The Morgan fingerprint density at radius 2 is 2.00 bits per heavy atom. The quantitative estimate of drug-likeness (QED) is 0.787. The average Bonchev–Trinajstić information content (AvgIpc) is 2.91. The van der Waals surface area contributed by atoms with Crippen LogP contribution in [0.2, 0.25) is 0 Å². The number of aromatic nitrogens is 2. The number of pyridine rings is 1. The van der Waals surface area contributed by atoms with Gasteiger partial charge in [-0.25, -0.2) is 23.5 Å². The number of halogens is 2. The lowest BCUT2D eigenvalue weighted by atomic mass is 10.1. The molecule has 0 aliphatic carbocycles. The minimum Gasteiger partial charge on any atom is -0.478 e. The molecule has 2 heterocycles. The molecule has 2 aromatic heterocycles. The van der Waals surface area contributed by atoms with Crippen molar-refractivity contribution in [3.8, 4) is 11.4 Å². The summed E-state index contributed by atoms with van der Waals surface area (Å²) < 4.78 is 27.0. The monoisotopic (exact) mass is 292 g/mol. The van der Waals surface area contributed by atoms with Gasteiger partial charge >= 0.3 is 5.97 Å². The minimum absolute atomic E-state index is 0.0750. The number of nitrogens with zero attached hydrogens (tertiary/aromatic N) is 2. The summed E-state index contributed by atoms with van der Waals surface area (Å²) in [6.45, 7) is 0. The maximum Gasteiger partial charge on any atom is 0.336 e. The zero-order valence-electron chi connectivity index (χ0n) is 9.80. The van der Waals surface area contributed by atoms with Crippen LogP contribution in [-0.2, 0) is 0 Å². The molecule has 0 amide bonds. The molecule has 0 saturated heterocycles. The van der Waals surface area contributed by atoms with Gasteiger partial charge in [-0.2, -0.15) is 0 Å². The molecule has 0 bridgehead atoms. The Kier molecular flexibility index (Phi) is 2.90. The number of carboxylic acids is 1. The standard InChI is InChI=1S/C13H6F2N2O2S/c14-6-1-7-8(13(18)19)3-10(11-4-20-5-16-11)17-12(7)9(15)2-6/h1-5H,(H,18,19). The summed E-state index contributed by atoms with van der Waals surface area (Å²) in [6, 6.07) is 2.89. The normalized spacial score (nSPS) is 10.9. The van der Waals surface area contributed by atoms with E-state index in [0.29, 0.717) is 11.8 Å². The van der Waals surface area contributed by atoms with E-state index < -0.39 is 17.6 Å². The summed E-state index contributed by atoms with van der Waals surface area (Å²) in [5.74, 6) is -3.03. The van der Waals surface area contributed by atoms with Crippen molar-refractivity contribution in [3.63, 3.8) is 0 Å². The third-order valence-corrected chi connectivity index (χ3v) is 3.34. The molecule has 0 atom stereocenters. The van der Waals surface area contributed by atoms with E-state index in [1.165, 1.54) is 17.4 Å². The molecule has 0 radical (unpaired) electrons. The van der Waals surface area contributed by atoms with Crippen molar-refractivity contribution in [2.75, 3.05) is 0 Å². The van der Waals surface area contributed by atoms with Gasteiger partial charge in [0.25, 0.3) is 0 Å². The van der Waals surface area contributed by atoms with Crippen LogP contribution in [0.3, 0.4) is 0 Å². The highest BCUT2D eigenvalue weighted by atomic mass is 32.1. The van der Waals surface area contributed by atoms with Crippen LogP contribution in [0.25, 0.3) is 22.3 Å². The van der Waals surface area contributed by atoms with Crippen molar-refractivity contribution >= 4 is 28.2 Å². The molecule has 0 saturated carbocycles. The molecule has 0 fully saturated rings. The van der Waals surface area contributed by atoms with Gasteiger partial charge in [0.15, 0.2) is 5.82 Å². The second-order valence-corrected chi connectivity index (χ2v) is 4.74. The highest BCUT2D eigenvalue weighted by Crippen LogP contribution is 2.27. The highest BCUT2D eigenvalue weighted by molar-refractivity contribution is 7.07. The fourth-order valence-electron chi connectivity index (χ4n) is 1.90. The molecule has 4 nitrogen and oxygen atoms in total. The number of rotatable bonds is 2. The summed E-state index contributed by atoms with van der Waals surface area (Å²) in [6.07, 6.45) is 0. The van der Waals surface area contributed by atoms with Crippen LogP contribution >= 0.6 is 11.3 Å². The Bertz CT molecular complexity index is 819. The van der Waals surface area contributed by atoms with Crippen molar-refractivity contribution < 1.29 is 18.7 Å². The molecular formula is C13H6F2N2O2S. The first kappa shape index (κ1) is 12.6. The third kappa shape index (κ3) is 2.01. The van der Waals surface area contributed by atoms with Gasteiger partial charge in [0, 0.05) is 16.8 Å². The Balaban J connectivity index is 2.40. The smallest absolute Gasteiger partial charge is 0.336 e. The molecule has 20 heavy (non-hydrogen) atoms. The second kappa shape index (κ2) is 4.61. The van der Waals surface area contributed by atoms with E-state index in [1.807, 2.05) is 0 Å². The van der Waals surface area contributed by atoms with Crippen LogP contribution in [-0.4, -0.2) is 21.0 Å².